The summed E-state index contributed by atoms with van der Waals surface area (Å²) >= 11 is 0. The van der Waals surface area contributed by atoms with Crippen molar-refractivity contribution in [2.45, 2.75) is 19.3 Å². The topological polar surface area (TPSA) is 64.4 Å². The first-order valence-electron chi connectivity index (χ1n) is 4.06. The van der Waals surface area contributed by atoms with Gasteiger partial charge in [-0.2, -0.15) is 0 Å². The van der Waals surface area contributed by atoms with Crippen molar-refractivity contribution in [2.24, 2.45) is 5.92 Å². The Morgan fingerprint density at radius 1 is 1.58 bits per heavy atom. The summed E-state index contributed by atoms with van der Waals surface area (Å²) in [6, 6.07) is 0. The van der Waals surface area contributed by atoms with E-state index in [-0.39, 0.29) is 0 Å². The average molecular weight is 188 g/mol. The zero-order valence-corrected chi connectivity index (χ0v) is 7.76. The molecule has 1 aliphatic rings. The van der Waals surface area contributed by atoms with Gasteiger partial charge in [-0.3, -0.25) is 9.96 Å². The molecule has 1 fully saturated rings. The first kappa shape index (κ1) is 9.62. The molecule has 0 amide bonds. The Hall–Kier alpha value is -0.470. The molecule has 0 bridgehead atoms. The number of nitrogens with zero attached hydrogens (tertiary/aromatic N) is 1. The molecule has 1 heterocycles. The van der Waals surface area contributed by atoms with Gasteiger partial charge in [0.05, 0.1) is 8.52 Å². The van der Waals surface area contributed by atoms with Crippen molar-refractivity contribution in [3.8, 4) is 0 Å². The molecule has 1 rings (SSSR count). The molecule has 0 atom stereocenters. The van der Waals surface area contributed by atoms with E-state index in [2.05, 4.69) is 0 Å². The minimum atomic E-state index is -0.697. The van der Waals surface area contributed by atoms with E-state index >= 15 is 0 Å². The monoisotopic (exact) mass is 188 g/mol. The predicted molar refractivity (Wildman–Crippen MR) is 46.2 cm³/mol. The van der Waals surface area contributed by atoms with Crippen LogP contribution in [0.15, 0.2) is 0 Å². The molecule has 0 radical (unpaired) electrons. The second kappa shape index (κ2) is 4.53. The van der Waals surface area contributed by atoms with Gasteiger partial charge in [-0.05, 0) is 18.8 Å². The van der Waals surface area contributed by atoms with Gasteiger partial charge in [0, 0.05) is 19.5 Å². The molecule has 0 spiro atoms. The van der Waals surface area contributed by atoms with Gasteiger partial charge in [-0.15, -0.1) is 0 Å². The summed E-state index contributed by atoms with van der Waals surface area (Å²) in [6.07, 6.45) is 2.15. The molecule has 1 aliphatic heterocycles. The zero-order valence-electron chi connectivity index (χ0n) is 6.86. The highest BCUT2D eigenvalue weighted by atomic mass is 31.1. The number of nitrogens with one attached hydrogen (secondary N) is 1. The first-order valence-corrected chi connectivity index (χ1v) is 4.91. The van der Waals surface area contributed by atoms with E-state index in [0.29, 0.717) is 20.9 Å². The molecule has 0 aliphatic carbocycles. The van der Waals surface area contributed by atoms with Gasteiger partial charge in [0.2, 0.25) is 0 Å². The summed E-state index contributed by atoms with van der Waals surface area (Å²) in [5.74, 6) is -0.364. The normalized spacial score (nSPS) is 21.3. The van der Waals surface area contributed by atoms with Gasteiger partial charge in [0.25, 0.3) is 0 Å². The molecule has 12 heavy (non-hydrogen) atoms. The summed E-state index contributed by atoms with van der Waals surface area (Å²) in [5.41, 5.74) is 0. The van der Waals surface area contributed by atoms with Crippen LogP contribution in [0.4, 0.5) is 0 Å². The first-order chi connectivity index (χ1) is 5.72. The van der Waals surface area contributed by atoms with Crippen LogP contribution < -0.4 is 0 Å². The van der Waals surface area contributed by atoms with Gasteiger partial charge in [-0.1, -0.05) is 0 Å². The Bertz CT molecular complexity index is 178. The Kier molecular flexibility index (Phi) is 3.63. The van der Waals surface area contributed by atoms with Gasteiger partial charge >= 0.3 is 5.97 Å². The Morgan fingerprint density at radius 3 is 2.58 bits per heavy atom. The molecule has 0 aromatic heterocycles. The molecule has 5 heteroatoms. The fraction of sp³-hybridized carbons (Fsp3) is 0.857. The van der Waals surface area contributed by atoms with Crippen molar-refractivity contribution in [1.82, 2.24) is 4.67 Å². The van der Waals surface area contributed by atoms with Crippen LogP contribution in [0.5, 0.6) is 0 Å². The van der Waals surface area contributed by atoms with Gasteiger partial charge < -0.3 is 5.11 Å². The SMILES string of the molecule is N=PN1CCC(CC(=O)O)CC1. The minimum Gasteiger partial charge on any atom is -0.481 e. The van der Waals surface area contributed by atoms with Crippen molar-refractivity contribution >= 4 is 14.5 Å². The minimum absolute atomic E-state index is 0.294. The highest BCUT2D eigenvalue weighted by molar-refractivity contribution is 7.22. The van der Waals surface area contributed by atoms with E-state index in [4.69, 9.17) is 10.3 Å². The molecule has 2 N–H and O–H groups in total. The fourth-order valence-corrected chi connectivity index (χ4v) is 1.90. The van der Waals surface area contributed by atoms with Gasteiger partial charge in [-0.25, -0.2) is 4.67 Å². The lowest BCUT2D eigenvalue weighted by atomic mass is 9.95. The standard InChI is InChI=1S/C7H13N2O2P/c8-12-9-3-1-6(2-4-9)5-7(10)11/h6,8H,1-5H2,(H,10,11). The highest BCUT2D eigenvalue weighted by Gasteiger charge is 2.20. The molecule has 1 saturated heterocycles. The van der Waals surface area contributed by atoms with Crippen molar-refractivity contribution in [3.63, 3.8) is 0 Å². The average Bonchev–Trinajstić information content (AvgIpc) is 2.05. The van der Waals surface area contributed by atoms with Crippen LogP contribution in [0, 0.1) is 11.1 Å². The van der Waals surface area contributed by atoms with E-state index in [1.807, 2.05) is 4.67 Å². The maximum Gasteiger partial charge on any atom is 0.303 e. The van der Waals surface area contributed by atoms with E-state index in [0.717, 1.165) is 25.9 Å². The molecule has 0 saturated carbocycles. The lowest BCUT2D eigenvalue weighted by Crippen LogP contribution is -2.27. The number of carboxylic acids is 1. The molecule has 68 valence electrons. The number of rotatable bonds is 3. The third-order valence-corrected chi connectivity index (χ3v) is 2.88. The summed E-state index contributed by atoms with van der Waals surface area (Å²) in [4.78, 5) is 10.4. The lowest BCUT2D eigenvalue weighted by Gasteiger charge is -2.26. The van der Waals surface area contributed by atoms with Crippen LogP contribution in [-0.4, -0.2) is 28.8 Å². The molecular weight excluding hydrogens is 175 g/mol. The molecule has 0 unspecified atom stereocenters. The third kappa shape index (κ3) is 2.88. The van der Waals surface area contributed by atoms with Crippen LogP contribution >= 0.6 is 8.52 Å². The van der Waals surface area contributed by atoms with Crippen LogP contribution in [0.25, 0.3) is 0 Å². The summed E-state index contributed by atoms with van der Waals surface area (Å²) in [7, 11) is 0.566. The van der Waals surface area contributed by atoms with Gasteiger partial charge in [0.1, 0.15) is 0 Å². The smallest absolute Gasteiger partial charge is 0.303 e. The van der Waals surface area contributed by atoms with Crippen molar-refractivity contribution < 1.29 is 9.90 Å². The summed E-state index contributed by atoms with van der Waals surface area (Å²) < 4.78 is 2.01. The summed E-state index contributed by atoms with van der Waals surface area (Å²) in [5, 5.41) is 15.6. The van der Waals surface area contributed by atoms with Crippen LogP contribution in [-0.2, 0) is 4.79 Å². The van der Waals surface area contributed by atoms with Crippen molar-refractivity contribution in [3.05, 3.63) is 0 Å². The maximum absolute atomic E-state index is 10.4. The fourth-order valence-electron chi connectivity index (χ4n) is 1.47. The second-order valence-corrected chi connectivity index (χ2v) is 3.86. The lowest BCUT2D eigenvalue weighted by molar-refractivity contribution is -0.138. The zero-order chi connectivity index (χ0) is 8.97. The number of piperidine rings is 1. The van der Waals surface area contributed by atoms with Crippen LogP contribution in [0.3, 0.4) is 0 Å². The molecule has 0 aromatic carbocycles. The quantitative estimate of drug-likeness (QED) is 0.663. The Labute approximate surface area is 73.3 Å². The van der Waals surface area contributed by atoms with Crippen LogP contribution in [0.1, 0.15) is 19.3 Å². The number of hydrogen-bond acceptors (Lipinski definition) is 2. The van der Waals surface area contributed by atoms with Crippen molar-refractivity contribution in [2.75, 3.05) is 13.1 Å². The van der Waals surface area contributed by atoms with E-state index in [9.17, 15) is 4.79 Å². The van der Waals surface area contributed by atoms with Gasteiger partial charge in [0.15, 0.2) is 0 Å². The largest absolute Gasteiger partial charge is 0.481 e. The van der Waals surface area contributed by atoms with E-state index in [1.165, 1.54) is 0 Å². The molecule has 0 aromatic rings. The maximum atomic E-state index is 10.4. The Balaban J connectivity index is 2.26. The van der Waals surface area contributed by atoms with E-state index in [1.54, 1.807) is 0 Å². The number of carbonyl (C=O) groups is 1. The molecule has 4 nitrogen and oxygen atoms in total. The number of carboxylic acid groups (broad SMARTS) is 1. The summed E-state index contributed by atoms with van der Waals surface area (Å²) in [6.45, 7) is 1.76. The Morgan fingerprint density at radius 2 is 2.17 bits per heavy atom. The van der Waals surface area contributed by atoms with E-state index < -0.39 is 5.97 Å². The highest BCUT2D eigenvalue weighted by Crippen LogP contribution is 2.23. The van der Waals surface area contributed by atoms with Crippen molar-refractivity contribution in [1.29, 1.82) is 5.16 Å². The number of aliphatic carboxylic acids is 1. The third-order valence-electron chi connectivity index (χ3n) is 2.20. The van der Waals surface area contributed by atoms with Crippen LogP contribution in [0.2, 0.25) is 0 Å². The second-order valence-electron chi connectivity index (χ2n) is 3.09. The predicted octanol–water partition coefficient (Wildman–Crippen LogP) is 1.80. The molecular formula is C7H13N2O2P. The number of hydrogen-bond donors (Lipinski definition) is 2.